The first kappa shape index (κ1) is 37.6. The van der Waals surface area contributed by atoms with E-state index in [0.29, 0.717) is 10.8 Å². The summed E-state index contributed by atoms with van der Waals surface area (Å²) in [5, 5.41) is 0. The number of nitrogens with zero attached hydrogens (tertiary/aromatic N) is 2. The Kier molecular flexibility index (Phi) is 14.9. The van der Waals surface area contributed by atoms with Gasteiger partial charge in [0.15, 0.2) is 0 Å². The first-order chi connectivity index (χ1) is 19.7. The fourth-order valence-electron chi connectivity index (χ4n) is 9.68. The molecule has 2 aliphatic rings. The van der Waals surface area contributed by atoms with E-state index in [4.69, 9.17) is 0 Å². The van der Waals surface area contributed by atoms with Gasteiger partial charge in [0.05, 0.1) is 51.4 Å². The Morgan fingerprint density at radius 1 is 0.571 bits per heavy atom. The number of rotatable bonds is 19. The molecule has 0 saturated carbocycles. The highest BCUT2D eigenvalue weighted by molar-refractivity contribution is 5.23. The molecule has 2 aliphatic carbocycles. The second-order valence-electron chi connectivity index (χ2n) is 16.3. The molecule has 0 aliphatic heterocycles. The van der Waals surface area contributed by atoms with Crippen LogP contribution in [0.15, 0.2) is 22.3 Å². The lowest BCUT2D eigenvalue weighted by atomic mass is 9.71. The SMILES string of the molecule is CC[N+](CC)(CCCCCC[N+](CC)(CC)C(C)CCC1=C(C)CCCC1(C)C)C(C)CCC1=C(C)CCCC1(C)C. The van der Waals surface area contributed by atoms with E-state index in [0.717, 1.165) is 12.1 Å². The summed E-state index contributed by atoms with van der Waals surface area (Å²) in [5.74, 6) is 0. The van der Waals surface area contributed by atoms with Gasteiger partial charge in [-0.2, -0.15) is 0 Å². The molecule has 2 rings (SSSR count). The van der Waals surface area contributed by atoms with Crippen molar-refractivity contribution >= 4 is 0 Å². The molecule has 0 amide bonds. The van der Waals surface area contributed by atoms with Gasteiger partial charge in [-0.15, -0.1) is 0 Å². The maximum Gasteiger partial charge on any atom is 0.0864 e. The Labute approximate surface area is 266 Å². The van der Waals surface area contributed by atoms with E-state index >= 15 is 0 Å². The van der Waals surface area contributed by atoms with Gasteiger partial charge in [-0.3, -0.25) is 0 Å². The number of quaternary nitrogens is 2. The second-order valence-corrected chi connectivity index (χ2v) is 16.3. The highest BCUT2D eigenvalue weighted by Gasteiger charge is 2.35. The maximum absolute atomic E-state index is 2.57. The molecule has 0 aromatic heterocycles. The van der Waals surface area contributed by atoms with E-state index in [9.17, 15) is 0 Å². The van der Waals surface area contributed by atoms with Crippen molar-refractivity contribution in [1.29, 1.82) is 0 Å². The van der Waals surface area contributed by atoms with E-state index in [1.165, 1.54) is 138 Å². The standard InChI is InChI=1S/C40H78N2/c1-13-41(14-2,35(7)25-27-37-33(5)23-21-29-39(37,9)10)31-19-17-18-20-32-42(15-3,16-4)36(8)26-28-38-34(6)24-22-30-40(38,11)12/h35-36H,13-32H2,1-12H3/q+2. The fraction of sp³-hybridized carbons (Fsp3) is 0.900. The van der Waals surface area contributed by atoms with Gasteiger partial charge in [0.2, 0.25) is 0 Å². The largest absolute Gasteiger partial charge is 0.322 e. The van der Waals surface area contributed by atoms with Crippen LogP contribution in [-0.2, 0) is 0 Å². The molecule has 2 unspecified atom stereocenters. The minimum absolute atomic E-state index is 0.418. The van der Waals surface area contributed by atoms with Crippen molar-refractivity contribution in [3.8, 4) is 0 Å². The lowest BCUT2D eigenvalue weighted by Crippen LogP contribution is -2.55. The molecule has 2 nitrogen and oxygen atoms in total. The molecule has 0 heterocycles. The molecular weight excluding hydrogens is 508 g/mol. The summed E-state index contributed by atoms with van der Waals surface area (Å²) < 4.78 is 2.64. The molecule has 0 aromatic rings. The summed E-state index contributed by atoms with van der Waals surface area (Å²) >= 11 is 0. The summed E-state index contributed by atoms with van der Waals surface area (Å²) in [4.78, 5) is 0. The Morgan fingerprint density at radius 2 is 0.905 bits per heavy atom. The van der Waals surface area contributed by atoms with Crippen LogP contribution < -0.4 is 0 Å². The molecule has 2 heteroatoms. The van der Waals surface area contributed by atoms with Gasteiger partial charge in [0.1, 0.15) is 0 Å². The van der Waals surface area contributed by atoms with Crippen LogP contribution in [0, 0.1) is 10.8 Å². The lowest BCUT2D eigenvalue weighted by molar-refractivity contribution is -0.947. The summed E-state index contributed by atoms with van der Waals surface area (Å²) in [5.41, 5.74) is 7.84. The fourth-order valence-corrected chi connectivity index (χ4v) is 9.68. The van der Waals surface area contributed by atoms with E-state index in [1.807, 2.05) is 0 Å². The van der Waals surface area contributed by atoms with E-state index in [1.54, 1.807) is 22.3 Å². The molecular formula is C40H78N2+2. The topological polar surface area (TPSA) is 0 Å². The average molecular weight is 587 g/mol. The number of hydrogen-bond acceptors (Lipinski definition) is 0. The van der Waals surface area contributed by atoms with Crippen LogP contribution in [0.1, 0.15) is 173 Å². The third kappa shape index (κ3) is 9.45. The van der Waals surface area contributed by atoms with Crippen molar-refractivity contribution in [3.05, 3.63) is 22.3 Å². The third-order valence-electron chi connectivity index (χ3n) is 13.3. The smallest absolute Gasteiger partial charge is 0.0864 e. The molecule has 0 aromatic carbocycles. The molecule has 0 saturated heterocycles. The number of unbranched alkanes of at least 4 members (excludes halogenated alkanes) is 3. The van der Waals surface area contributed by atoms with Crippen molar-refractivity contribution in [1.82, 2.24) is 0 Å². The van der Waals surface area contributed by atoms with Gasteiger partial charge < -0.3 is 8.97 Å². The summed E-state index contributed by atoms with van der Waals surface area (Å²) in [7, 11) is 0. The van der Waals surface area contributed by atoms with Crippen molar-refractivity contribution in [2.24, 2.45) is 10.8 Å². The minimum Gasteiger partial charge on any atom is -0.322 e. The Hall–Kier alpha value is -0.600. The van der Waals surface area contributed by atoms with Crippen LogP contribution >= 0.6 is 0 Å². The predicted octanol–water partition coefficient (Wildman–Crippen LogP) is 11.7. The predicted molar refractivity (Wildman–Crippen MR) is 189 cm³/mol. The molecule has 2 atom stereocenters. The average Bonchev–Trinajstić information content (AvgIpc) is 2.94. The zero-order valence-corrected chi connectivity index (χ0v) is 31.2. The normalized spacial score (nSPS) is 21.1. The third-order valence-corrected chi connectivity index (χ3v) is 13.3. The lowest BCUT2D eigenvalue weighted by Gasteiger charge is -2.44. The first-order valence-electron chi connectivity index (χ1n) is 18.8. The number of hydrogen-bond donors (Lipinski definition) is 0. The summed E-state index contributed by atoms with van der Waals surface area (Å²) in [6.07, 6.45) is 19.2. The zero-order chi connectivity index (χ0) is 31.6. The number of allylic oxidation sites excluding steroid dienone is 4. The minimum atomic E-state index is 0.418. The molecule has 0 bridgehead atoms. The molecule has 246 valence electrons. The second kappa shape index (κ2) is 16.6. The van der Waals surface area contributed by atoms with Crippen molar-refractivity contribution in [2.75, 3.05) is 39.3 Å². The highest BCUT2D eigenvalue weighted by atomic mass is 15.4. The molecule has 42 heavy (non-hydrogen) atoms. The van der Waals surface area contributed by atoms with Gasteiger partial charge in [-0.25, -0.2) is 0 Å². The van der Waals surface area contributed by atoms with Crippen LogP contribution in [0.25, 0.3) is 0 Å². The van der Waals surface area contributed by atoms with Gasteiger partial charge in [0, 0.05) is 12.8 Å². The quantitative estimate of drug-likeness (QED) is 0.0802. The molecule has 0 fully saturated rings. The monoisotopic (exact) mass is 587 g/mol. The van der Waals surface area contributed by atoms with Crippen molar-refractivity contribution in [2.45, 2.75) is 185 Å². The summed E-state index contributed by atoms with van der Waals surface area (Å²) in [6, 6.07) is 1.52. The van der Waals surface area contributed by atoms with E-state index in [2.05, 4.69) is 83.1 Å². The van der Waals surface area contributed by atoms with Gasteiger partial charge >= 0.3 is 0 Å². The van der Waals surface area contributed by atoms with E-state index in [-0.39, 0.29) is 0 Å². The maximum atomic E-state index is 2.57. The van der Waals surface area contributed by atoms with Crippen LogP contribution in [0.3, 0.4) is 0 Å². The first-order valence-corrected chi connectivity index (χ1v) is 18.8. The highest BCUT2D eigenvalue weighted by Crippen LogP contribution is 2.44. The van der Waals surface area contributed by atoms with Crippen LogP contribution in [0.5, 0.6) is 0 Å². The van der Waals surface area contributed by atoms with E-state index < -0.39 is 0 Å². The Balaban J connectivity index is 1.86. The van der Waals surface area contributed by atoms with Crippen molar-refractivity contribution in [3.63, 3.8) is 0 Å². The molecule has 0 spiro atoms. The van der Waals surface area contributed by atoms with Gasteiger partial charge in [0.25, 0.3) is 0 Å². The molecule has 0 N–H and O–H groups in total. The van der Waals surface area contributed by atoms with Gasteiger partial charge in [-0.05, 0) is 143 Å². The molecule has 0 radical (unpaired) electrons. The Morgan fingerprint density at radius 3 is 1.19 bits per heavy atom. The van der Waals surface area contributed by atoms with Crippen LogP contribution in [-0.4, -0.2) is 60.3 Å². The summed E-state index contributed by atoms with van der Waals surface area (Å²) in [6.45, 7) is 37.7. The zero-order valence-electron chi connectivity index (χ0n) is 31.2. The van der Waals surface area contributed by atoms with Crippen LogP contribution in [0.4, 0.5) is 0 Å². The van der Waals surface area contributed by atoms with Crippen LogP contribution in [0.2, 0.25) is 0 Å². The van der Waals surface area contributed by atoms with Gasteiger partial charge in [-0.1, -0.05) is 50.0 Å². The Bertz CT molecular complexity index is 792. The van der Waals surface area contributed by atoms with Crippen molar-refractivity contribution < 1.29 is 8.97 Å².